The van der Waals surface area contributed by atoms with Gasteiger partial charge in [0.1, 0.15) is 5.82 Å². The molecule has 2 rings (SSSR count). The second-order valence-corrected chi connectivity index (χ2v) is 4.25. The molecular weight excluding hydrogens is 229 g/mol. The summed E-state index contributed by atoms with van der Waals surface area (Å²) in [6.45, 7) is 0.352. The summed E-state index contributed by atoms with van der Waals surface area (Å²) in [5.74, 6) is -0.369. The molecule has 0 radical (unpaired) electrons. The third-order valence-electron chi connectivity index (χ3n) is 2.91. The van der Waals surface area contributed by atoms with E-state index in [1.54, 1.807) is 18.2 Å². The van der Waals surface area contributed by atoms with Crippen molar-refractivity contribution in [1.82, 2.24) is 0 Å². The van der Waals surface area contributed by atoms with E-state index in [0.29, 0.717) is 12.1 Å². The molecule has 2 nitrogen and oxygen atoms in total. The lowest BCUT2D eigenvalue weighted by molar-refractivity contribution is 0.180. The molecule has 0 aromatic heterocycles. The van der Waals surface area contributed by atoms with Crippen molar-refractivity contribution in [3.63, 3.8) is 0 Å². The Kier molecular flexibility index (Phi) is 3.95. The number of likely N-dealkylation sites (N-methyl/N-ethyl adjacent to an activating group) is 1. The summed E-state index contributed by atoms with van der Waals surface area (Å²) in [7, 11) is 1.87. The second kappa shape index (κ2) is 5.65. The Hall–Kier alpha value is -1.87. The third-order valence-corrected chi connectivity index (χ3v) is 2.91. The molecule has 0 aliphatic rings. The standard InChI is InChI=1S/C15H16FNO/c1-17(12-7-3-2-4-8-12)11-15(18)13-9-5-6-10-14(13)16/h2-10,15,18H,11H2,1H3. The van der Waals surface area contributed by atoms with Gasteiger partial charge in [-0.05, 0) is 18.2 Å². The first-order valence-corrected chi connectivity index (χ1v) is 5.87. The molecule has 2 aromatic carbocycles. The largest absolute Gasteiger partial charge is 0.386 e. The number of rotatable bonds is 4. The fourth-order valence-electron chi connectivity index (χ4n) is 1.89. The monoisotopic (exact) mass is 245 g/mol. The molecule has 94 valence electrons. The quantitative estimate of drug-likeness (QED) is 0.895. The van der Waals surface area contributed by atoms with E-state index < -0.39 is 6.10 Å². The molecule has 0 saturated carbocycles. The topological polar surface area (TPSA) is 23.5 Å². The maximum absolute atomic E-state index is 13.5. The zero-order valence-electron chi connectivity index (χ0n) is 10.3. The molecule has 0 saturated heterocycles. The van der Waals surface area contributed by atoms with Gasteiger partial charge in [0.25, 0.3) is 0 Å². The van der Waals surface area contributed by atoms with Crippen LogP contribution in [0.1, 0.15) is 11.7 Å². The summed E-state index contributed by atoms with van der Waals surface area (Å²) in [5.41, 5.74) is 1.33. The van der Waals surface area contributed by atoms with E-state index in [-0.39, 0.29) is 5.82 Å². The number of nitrogens with zero attached hydrogens (tertiary/aromatic N) is 1. The Bertz CT molecular complexity index is 501. The summed E-state index contributed by atoms with van der Waals surface area (Å²) in [5, 5.41) is 10.1. The Balaban J connectivity index is 2.08. The minimum absolute atomic E-state index is 0.334. The van der Waals surface area contributed by atoms with Crippen LogP contribution in [-0.2, 0) is 0 Å². The van der Waals surface area contributed by atoms with E-state index in [1.807, 2.05) is 42.3 Å². The predicted molar refractivity (Wildman–Crippen MR) is 71.1 cm³/mol. The highest BCUT2D eigenvalue weighted by Gasteiger charge is 2.14. The molecule has 1 N–H and O–H groups in total. The molecule has 1 atom stereocenters. The van der Waals surface area contributed by atoms with Crippen LogP contribution in [0.15, 0.2) is 54.6 Å². The number of benzene rings is 2. The molecule has 0 fully saturated rings. The van der Waals surface area contributed by atoms with Gasteiger partial charge < -0.3 is 10.0 Å². The SMILES string of the molecule is CN(CC(O)c1ccccc1F)c1ccccc1. The highest BCUT2D eigenvalue weighted by Crippen LogP contribution is 2.20. The summed E-state index contributed by atoms with van der Waals surface area (Å²) in [4.78, 5) is 1.90. The van der Waals surface area contributed by atoms with E-state index in [9.17, 15) is 9.50 Å². The van der Waals surface area contributed by atoms with Gasteiger partial charge in [-0.1, -0.05) is 36.4 Å². The molecule has 18 heavy (non-hydrogen) atoms. The molecular formula is C15H16FNO. The smallest absolute Gasteiger partial charge is 0.129 e. The minimum Gasteiger partial charge on any atom is -0.386 e. The fraction of sp³-hybridized carbons (Fsp3) is 0.200. The fourth-order valence-corrected chi connectivity index (χ4v) is 1.89. The average Bonchev–Trinajstić information content (AvgIpc) is 2.40. The van der Waals surface area contributed by atoms with Crippen LogP contribution in [0, 0.1) is 5.82 Å². The van der Waals surface area contributed by atoms with Gasteiger partial charge >= 0.3 is 0 Å². The number of halogens is 1. The van der Waals surface area contributed by atoms with E-state index in [0.717, 1.165) is 5.69 Å². The molecule has 2 aromatic rings. The summed E-state index contributed by atoms with van der Waals surface area (Å²) in [6, 6.07) is 16.0. The molecule has 0 aliphatic carbocycles. The Labute approximate surface area is 106 Å². The van der Waals surface area contributed by atoms with E-state index >= 15 is 0 Å². The Morgan fingerprint density at radius 2 is 1.67 bits per heavy atom. The number of para-hydroxylation sites is 1. The number of aliphatic hydroxyl groups is 1. The van der Waals surface area contributed by atoms with Gasteiger partial charge in [-0.15, -0.1) is 0 Å². The summed E-state index contributed by atoms with van der Waals surface area (Å²) >= 11 is 0. The van der Waals surface area contributed by atoms with E-state index in [1.165, 1.54) is 6.07 Å². The van der Waals surface area contributed by atoms with Crippen molar-refractivity contribution in [3.8, 4) is 0 Å². The van der Waals surface area contributed by atoms with E-state index in [2.05, 4.69) is 0 Å². The molecule has 0 heterocycles. The van der Waals surface area contributed by atoms with Crippen molar-refractivity contribution in [2.24, 2.45) is 0 Å². The first kappa shape index (κ1) is 12.6. The van der Waals surface area contributed by atoms with Crippen molar-refractivity contribution in [2.45, 2.75) is 6.10 Å². The number of anilines is 1. The van der Waals surface area contributed by atoms with Gasteiger partial charge in [0, 0.05) is 24.8 Å². The van der Waals surface area contributed by atoms with Crippen molar-refractivity contribution >= 4 is 5.69 Å². The van der Waals surface area contributed by atoms with Crippen molar-refractivity contribution in [3.05, 3.63) is 66.0 Å². The van der Waals surface area contributed by atoms with E-state index in [4.69, 9.17) is 0 Å². The lowest BCUT2D eigenvalue weighted by atomic mass is 10.1. The molecule has 1 unspecified atom stereocenters. The van der Waals surface area contributed by atoms with Crippen molar-refractivity contribution in [1.29, 1.82) is 0 Å². The zero-order valence-corrected chi connectivity index (χ0v) is 10.3. The van der Waals surface area contributed by atoms with Crippen molar-refractivity contribution < 1.29 is 9.50 Å². The normalized spacial score (nSPS) is 12.2. The third kappa shape index (κ3) is 2.87. The highest BCUT2D eigenvalue weighted by molar-refractivity contribution is 5.45. The van der Waals surface area contributed by atoms with Crippen LogP contribution in [0.3, 0.4) is 0 Å². The first-order valence-electron chi connectivity index (χ1n) is 5.87. The van der Waals surface area contributed by atoms with Gasteiger partial charge in [-0.3, -0.25) is 0 Å². The number of aliphatic hydroxyl groups excluding tert-OH is 1. The molecule has 0 spiro atoms. The maximum atomic E-state index is 13.5. The van der Waals surface area contributed by atoms with Crippen LogP contribution in [0.5, 0.6) is 0 Å². The van der Waals surface area contributed by atoms with Crippen LogP contribution < -0.4 is 4.90 Å². The van der Waals surface area contributed by atoms with Gasteiger partial charge in [0.2, 0.25) is 0 Å². The lowest BCUT2D eigenvalue weighted by Gasteiger charge is -2.23. The molecule has 0 amide bonds. The van der Waals surface area contributed by atoms with Crippen LogP contribution in [0.4, 0.5) is 10.1 Å². The average molecular weight is 245 g/mol. The van der Waals surface area contributed by atoms with Crippen LogP contribution >= 0.6 is 0 Å². The highest BCUT2D eigenvalue weighted by atomic mass is 19.1. The van der Waals surface area contributed by atoms with Crippen LogP contribution in [0.2, 0.25) is 0 Å². The maximum Gasteiger partial charge on any atom is 0.129 e. The predicted octanol–water partition coefficient (Wildman–Crippen LogP) is 3.00. The Morgan fingerprint density at radius 1 is 1.06 bits per heavy atom. The summed E-state index contributed by atoms with van der Waals surface area (Å²) < 4.78 is 13.5. The van der Waals surface area contributed by atoms with Crippen molar-refractivity contribution in [2.75, 3.05) is 18.5 Å². The van der Waals surface area contributed by atoms with Gasteiger partial charge in [0.05, 0.1) is 6.10 Å². The van der Waals surface area contributed by atoms with Gasteiger partial charge in [0.15, 0.2) is 0 Å². The molecule has 0 aliphatic heterocycles. The number of hydrogen-bond donors (Lipinski definition) is 1. The lowest BCUT2D eigenvalue weighted by Crippen LogP contribution is -2.24. The van der Waals surface area contributed by atoms with Gasteiger partial charge in [-0.2, -0.15) is 0 Å². The first-order chi connectivity index (χ1) is 8.68. The summed E-state index contributed by atoms with van der Waals surface area (Å²) in [6.07, 6.45) is -0.837. The zero-order chi connectivity index (χ0) is 13.0. The number of hydrogen-bond acceptors (Lipinski definition) is 2. The minimum atomic E-state index is -0.837. The molecule has 0 bridgehead atoms. The Morgan fingerprint density at radius 3 is 2.33 bits per heavy atom. The van der Waals surface area contributed by atoms with Crippen LogP contribution in [-0.4, -0.2) is 18.7 Å². The van der Waals surface area contributed by atoms with Gasteiger partial charge in [-0.25, -0.2) is 4.39 Å². The second-order valence-electron chi connectivity index (χ2n) is 4.25. The van der Waals surface area contributed by atoms with Crippen LogP contribution in [0.25, 0.3) is 0 Å². The molecule has 3 heteroatoms.